The van der Waals surface area contributed by atoms with Gasteiger partial charge in [-0.05, 0) is 12.1 Å². The molecule has 0 heterocycles. The molecular formula is C7H7BO2. The van der Waals surface area contributed by atoms with Gasteiger partial charge in [-0.25, -0.2) is 0 Å². The fourth-order valence-electron chi connectivity index (χ4n) is 0.674. The minimum atomic E-state index is 0.597. The van der Waals surface area contributed by atoms with Gasteiger partial charge in [0.15, 0.2) is 0 Å². The summed E-state index contributed by atoms with van der Waals surface area (Å²) in [5, 5.41) is 0. The summed E-state index contributed by atoms with van der Waals surface area (Å²) in [6.45, 7) is 0. The third-order valence-electron chi connectivity index (χ3n) is 1.18. The Bertz CT molecular complexity index is 193. The van der Waals surface area contributed by atoms with Crippen molar-refractivity contribution in [3.63, 3.8) is 0 Å². The molecule has 0 unspecified atom stereocenters. The van der Waals surface area contributed by atoms with Crippen molar-refractivity contribution in [2.24, 2.45) is 0 Å². The van der Waals surface area contributed by atoms with Crippen molar-refractivity contribution in [3.05, 3.63) is 24.3 Å². The van der Waals surface area contributed by atoms with Gasteiger partial charge in [-0.15, -0.1) is 0 Å². The van der Waals surface area contributed by atoms with E-state index in [9.17, 15) is 0 Å². The third kappa shape index (κ3) is 1.44. The van der Waals surface area contributed by atoms with Crippen molar-refractivity contribution in [2.75, 3.05) is 7.11 Å². The average molecular weight is 134 g/mol. The molecule has 0 bridgehead atoms. The second-order valence-electron chi connectivity index (χ2n) is 1.80. The largest absolute Gasteiger partial charge is 0.568 e. The molecule has 10 heavy (non-hydrogen) atoms. The van der Waals surface area contributed by atoms with Gasteiger partial charge in [0.05, 0.1) is 7.11 Å². The van der Waals surface area contributed by atoms with Crippen molar-refractivity contribution in [1.29, 1.82) is 0 Å². The lowest BCUT2D eigenvalue weighted by Crippen LogP contribution is -1.86. The Morgan fingerprint density at radius 3 is 2.60 bits per heavy atom. The first-order valence-electron chi connectivity index (χ1n) is 2.87. The molecule has 1 aromatic rings. The molecule has 0 spiro atoms. The molecule has 2 nitrogen and oxygen atoms in total. The predicted octanol–water partition coefficient (Wildman–Crippen LogP) is 1.16. The number of hydrogen-bond donors (Lipinski definition) is 0. The molecule has 0 saturated carbocycles. The topological polar surface area (TPSA) is 18.5 Å². The summed E-state index contributed by atoms with van der Waals surface area (Å²) in [5.41, 5.74) is 0. The summed E-state index contributed by atoms with van der Waals surface area (Å²) in [6.07, 6.45) is 0. The first-order chi connectivity index (χ1) is 4.86. The van der Waals surface area contributed by atoms with E-state index in [4.69, 9.17) is 12.8 Å². The van der Waals surface area contributed by atoms with Crippen molar-refractivity contribution in [2.45, 2.75) is 0 Å². The maximum Gasteiger partial charge on any atom is 0.374 e. The highest BCUT2D eigenvalue weighted by Crippen LogP contribution is 2.17. The van der Waals surface area contributed by atoms with Crippen molar-refractivity contribution in [1.82, 2.24) is 0 Å². The standard InChI is InChI=1S/C7H7BO2/c1-9-6-3-2-4-7(5-6)10-8/h2-5H,1H3. The lowest BCUT2D eigenvalue weighted by Gasteiger charge is -2.01. The Kier molecular flexibility index (Phi) is 2.21. The molecule has 0 fully saturated rings. The molecular weight excluding hydrogens is 127 g/mol. The molecule has 0 atom stereocenters. The van der Waals surface area contributed by atoms with Gasteiger partial charge in [0.25, 0.3) is 0 Å². The van der Waals surface area contributed by atoms with Gasteiger partial charge in [-0.3, -0.25) is 0 Å². The minimum Gasteiger partial charge on any atom is -0.568 e. The van der Waals surface area contributed by atoms with Crippen molar-refractivity contribution in [3.8, 4) is 11.5 Å². The highest BCUT2D eigenvalue weighted by molar-refractivity contribution is 5.99. The van der Waals surface area contributed by atoms with Crippen molar-refractivity contribution < 1.29 is 9.39 Å². The number of benzene rings is 1. The van der Waals surface area contributed by atoms with Gasteiger partial charge >= 0.3 is 8.05 Å². The van der Waals surface area contributed by atoms with E-state index in [0.29, 0.717) is 5.75 Å². The molecule has 0 aliphatic heterocycles. The van der Waals surface area contributed by atoms with Crippen LogP contribution in [0, 0.1) is 0 Å². The highest BCUT2D eigenvalue weighted by atomic mass is 16.5. The van der Waals surface area contributed by atoms with E-state index in [-0.39, 0.29) is 0 Å². The van der Waals surface area contributed by atoms with Gasteiger partial charge < -0.3 is 9.39 Å². The minimum absolute atomic E-state index is 0.597. The summed E-state index contributed by atoms with van der Waals surface area (Å²) in [5.74, 6) is 1.34. The van der Waals surface area contributed by atoms with Crippen LogP contribution in [0.5, 0.6) is 11.5 Å². The summed E-state index contributed by atoms with van der Waals surface area (Å²) >= 11 is 0. The van der Waals surface area contributed by atoms with Gasteiger partial charge in [-0.2, -0.15) is 0 Å². The van der Waals surface area contributed by atoms with E-state index < -0.39 is 0 Å². The van der Waals surface area contributed by atoms with Crippen LogP contribution in [0.25, 0.3) is 0 Å². The van der Waals surface area contributed by atoms with Crippen molar-refractivity contribution >= 4 is 8.05 Å². The quantitative estimate of drug-likeness (QED) is 0.565. The predicted molar refractivity (Wildman–Crippen MR) is 39.4 cm³/mol. The van der Waals surface area contributed by atoms with Crippen LogP contribution in [0.1, 0.15) is 0 Å². The number of rotatable bonds is 2. The zero-order chi connectivity index (χ0) is 7.40. The molecule has 0 aliphatic rings. The van der Waals surface area contributed by atoms with E-state index in [1.54, 1.807) is 25.3 Å². The summed E-state index contributed by atoms with van der Waals surface area (Å²) in [6, 6.07) is 7.09. The highest BCUT2D eigenvalue weighted by Gasteiger charge is 1.91. The second kappa shape index (κ2) is 3.15. The Balaban J connectivity index is 2.87. The molecule has 0 saturated heterocycles. The van der Waals surface area contributed by atoms with Gasteiger partial charge in [-0.1, -0.05) is 6.07 Å². The lowest BCUT2D eigenvalue weighted by atomic mass is 10.3. The van der Waals surface area contributed by atoms with Crippen LogP contribution in [0.2, 0.25) is 0 Å². The molecule has 50 valence electrons. The normalized spacial score (nSPS) is 8.90. The fraction of sp³-hybridized carbons (Fsp3) is 0.143. The summed E-state index contributed by atoms with van der Waals surface area (Å²) in [7, 11) is 6.51. The van der Waals surface area contributed by atoms with Gasteiger partial charge in [0.2, 0.25) is 0 Å². The monoisotopic (exact) mass is 134 g/mol. The molecule has 0 N–H and O–H groups in total. The summed E-state index contributed by atoms with van der Waals surface area (Å²) < 4.78 is 9.40. The molecule has 0 amide bonds. The maximum absolute atomic E-state index is 4.92. The van der Waals surface area contributed by atoms with Crippen LogP contribution in [-0.4, -0.2) is 15.2 Å². The SMILES string of the molecule is [B]Oc1cccc(OC)c1. The lowest BCUT2D eigenvalue weighted by molar-refractivity contribution is 0.413. The van der Waals surface area contributed by atoms with E-state index in [0.717, 1.165) is 5.75 Å². The second-order valence-corrected chi connectivity index (χ2v) is 1.80. The van der Waals surface area contributed by atoms with E-state index >= 15 is 0 Å². The molecule has 2 radical (unpaired) electrons. The van der Waals surface area contributed by atoms with E-state index in [1.165, 1.54) is 0 Å². The molecule has 0 aliphatic carbocycles. The van der Waals surface area contributed by atoms with Crippen LogP contribution in [0.15, 0.2) is 24.3 Å². The molecule has 1 rings (SSSR count). The van der Waals surface area contributed by atoms with E-state index in [2.05, 4.69) is 4.65 Å². The maximum atomic E-state index is 4.92. The Labute approximate surface area is 61.2 Å². The molecule has 0 aromatic heterocycles. The third-order valence-corrected chi connectivity index (χ3v) is 1.18. The van der Waals surface area contributed by atoms with Crippen LogP contribution in [0.3, 0.4) is 0 Å². The first kappa shape index (κ1) is 7.00. The first-order valence-corrected chi connectivity index (χ1v) is 2.87. The Morgan fingerprint density at radius 2 is 2.00 bits per heavy atom. The van der Waals surface area contributed by atoms with Crippen LogP contribution in [-0.2, 0) is 0 Å². The molecule has 1 aromatic carbocycles. The average Bonchev–Trinajstić information content (AvgIpc) is 2.05. The zero-order valence-corrected chi connectivity index (χ0v) is 5.70. The smallest absolute Gasteiger partial charge is 0.374 e. The van der Waals surface area contributed by atoms with Crippen LogP contribution in [0.4, 0.5) is 0 Å². The van der Waals surface area contributed by atoms with Gasteiger partial charge in [0.1, 0.15) is 11.5 Å². The van der Waals surface area contributed by atoms with Gasteiger partial charge in [0, 0.05) is 6.07 Å². The fourth-order valence-corrected chi connectivity index (χ4v) is 0.674. The number of methoxy groups -OCH3 is 1. The number of hydrogen-bond acceptors (Lipinski definition) is 2. The summed E-state index contributed by atoms with van der Waals surface area (Å²) in [4.78, 5) is 0. The van der Waals surface area contributed by atoms with Crippen LogP contribution >= 0.6 is 0 Å². The van der Waals surface area contributed by atoms with E-state index in [1.807, 2.05) is 6.07 Å². The number of ether oxygens (including phenoxy) is 1. The molecule has 3 heteroatoms. The van der Waals surface area contributed by atoms with Crippen LogP contribution < -0.4 is 9.39 Å². The Hall–Kier alpha value is -1.12. The zero-order valence-electron chi connectivity index (χ0n) is 5.70. The Morgan fingerprint density at radius 1 is 1.30 bits per heavy atom.